The Labute approximate surface area is 180 Å². The molecule has 1 amide bonds. The summed E-state index contributed by atoms with van der Waals surface area (Å²) in [7, 11) is -5.15. The van der Waals surface area contributed by atoms with Gasteiger partial charge in [-0.2, -0.15) is 0 Å². The van der Waals surface area contributed by atoms with Crippen LogP contribution < -0.4 is 5.32 Å². The van der Waals surface area contributed by atoms with Gasteiger partial charge in [0.05, 0.1) is 0 Å². The van der Waals surface area contributed by atoms with Crippen molar-refractivity contribution in [2.75, 3.05) is 6.61 Å². The van der Waals surface area contributed by atoms with Crippen LogP contribution in [0, 0.1) is 0 Å². The van der Waals surface area contributed by atoms with Crippen LogP contribution in [0.5, 0.6) is 0 Å². The maximum Gasteiger partial charge on any atom is 0.470 e. The Balaban J connectivity index is 3.20. The van der Waals surface area contributed by atoms with Crippen molar-refractivity contribution in [1.82, 2.24) is 5.32 Å². The van der Waals surface area contributed by atoms with Crippen molar-refractivity contribution in [2.45, 2.75) is 89.9 Å². The van der Waals surface area contributed by atoms with Crippen molar-refractivity contribution in [1.29, 1.82) is 0 Å². The van der Waals surface area contributed by atoms with Gasteiger partial charge < -0.3 is 34.4 Å². The van der Waals surface area contributed by atoms with Gasteiger partial charge in [0.25, 0.3) is 0 Å². The van der Waals surface area contributed by atoms with Crippen LogP contribution in [0.2, 0.25) is 0 Å². The normalized spacial score (nSPS) is 26.2. The lowest BCUT2D eigenvalue weighted by Crippen LogP contribution is -2.65. The Kier molecular flexibility index (Phi) is 11.6. The zero-order valence-electron chi connectivity index (χ0n) is 17.9. The molecule has 0 saturated carbocycles. The average molecular weight is 469 g/mol. The highest BCUT2D eigenvalue weighted by Crippen LogP contribution is 2.42. The number of esters is 2. The SMILES string of the molecule is CCCC(=O)N[C@H]1C(O)OC(COC(=O)CCC)[C@@H](OC(=O)CCC)[C@@H]1OP(=O)(O)O. The lowest BCUT2D eigenvalue weighted by Gasteiger charge is -2.44. The second-order valence-corrected chi connectivity index (χ2v) is 8.30. The third kappa shape index (κ3) is 9.63. The highest BCUT2D eigenvalue weighted by atomic mass is 31.2. The van der Waals surface area contributed by atoms with E-state index in [1.807, 2.05) is 0 Å². The fourth-order valence-electron chi connectivity index (χ4n) is 2.99. The molecule has 31 heavy (non-hydrogen) atoms. The van der Waals surface area contributed by atoms with Crippen molar-refractivity contribution in [3.05, 3.63) is 0 Å². The second kappa shape index (κ2) is 13.1. The van der Waals surface area contributed by atoms with Crippen LogP contribution in [-0.2, 0) is 37.7 Å². The molecule has 0 bridgehead atoms. The molecule has 2 unspecified atom stereocenters. The van der Waals surface area contributed by atoms with E-state index in [2.05, 4.69) is 5.32 Å². The van der Waals surface area contributed by atoms with Crippen LogP contribution >= 0.6 is 7.82 Å². The number of aliphatic hydroxyl groups excluding tert-OH is 1. The maximum absolute atomic E-state index is 12.1. The van der Waals surface area contributed by atoms with Crippen molar-refractivity contribution < 1.29 is 52.6 Å². The minimum Gasteiger partial charge on any atom is -0.463 e. The van der Waals surface area contributed by atoms with Crippen LogP contribution in [0.4, 0.5) is 0 Å². The minimum atomic E-state index is -5.15. The quantitative estimate of drug-likeness (QED) is 0.231. The summed E-state index contributed by atoms with van der Waals surface area (Å²) < 4.78 is 32.2. The summed E-state index contributed by atoms with van der Waals surface area (Å²) in [6.45, 7) is 4.78. The molecule has 5 atom stereocenters. The largest absolute Gasteiger partial charge is 0.470 e. The van der Waals surface area contributed by atoms with Gasteiger partial charge in [0.15, 0.2) is 12.4 Å². The van der Waals surface area contributed by atoms with E-state index < -0.39 is 62.9 Å². The molecule has 0 aliphatic carbocycles. The molecule has 0 spiro atoms. The average Bonchev–Trinajstić information content (AvgIpc) is 2.65. The maximum atomic E-state index is 12.1. The number of hydrogen-bond acceptors (Lipinski definition) is 9. The first-order chi connectivity index (χ1) is 14.5. The van der Waals surface area contributed by atoms with Crippen LogP contribution in [0.1, 0.15) is 59.3 Å². The molecule has 0 aromatic heterocycles. The monoisotopic (exact) mass is 469 g/mol. The molecular formula is C18H32NO11P. The Morgan fingerprint density at radius 2 is 1.55 bits per heavy atom. The Bertz CT molecular complexity index is 652. The molecule has 0 radical (unpaired) electrons. The molecular weight excluding hydrogens is 437 g/mol. The number of carbonyl (C=O) groups is 3. The van der Waals surface area contributed by atoms with Gasteiger partial charge in [-0.1, -0.05) is 20.8 Å². The molecule has 12 nitrogen and oxygen atoms in total. The summed E-state index contributed by atoms with van der Waals surface area (Å²) in [5.74, 6) is -1.80. The predicted octanol–water partition coefficient (Wildman–Crippen LogP) is 0.522. The van der Waals surface area contributed by atoms with Crippen LogP contribution in [0.25, 0.3) is 0 Å². The molecule has 180 valence electrons. The lowest BCUT2D eigenvalue weighted by molar-refractivity contribution is -0.259. The van der Waals surface area contributed by atoms with Crippen molar-refractivity contribution >= 4 is 25.7 Å². The number of phosphoric acid groups is 1. The molecule has 0 aromatic carbocycles. The molecule has 1 fully saturated rings. The van der Waals surface area contributed by atoms with Crippen molar-refractivity contribution in [3.8, 4) is 0 Å². The Morgan fingerprint density at radius 1 is 0.968 bits per heavy atom. The number of nitrogens with one attached hydrogen (secondary N) is 1. The zero-order valence-corrected chi connectivity index (χ0v) is 18.8. The number of ether oxygens (including phenoxy) is 3. The lowest BCUT2D eigenvalue weighted by atomic mass is 9.96. The number of hydrogen-bond donors (Lipinski definition) is 4. The summed E-state index contributed by atoms with van der Waals surface area (Å²) in [5, 5.41) is 12.8. The molecule has 0 aromatic rings. The summed E-state index contributed by atoms with van der Waals surface area (Å²) >= 11 is 0. The van der Waals surface area contributed by atoms with E-state index in [9.17, 15) is 33.8 Å². The Hall–Kier alpha value is -1.56. The number of phosphoric ester groups is 1. The molecule has 1 heterocycles. The van der Waals surface area contributed by atoms with E-state index >= 15 is 0 Å². The van der Waals surface area contributed by atoms with Gasteiger partial charge in [0, 0.05) is 19.3 Å². The highest BCUT2D eigenvalue weighted by molar-refractivity contribution is 7.46. The smallest absolute Gasteiger partial charge is 0.463 e. The van der Waals surface area contributed by atoms with Gasteiger partial charge in [-0.25, -0.2) is 4.57 Å². The standard InChI is InChI=1S/C18H32NO11P/c1-4-7-12(20)19-15-17(30-31(24,25)26)16(29-14(22)9-6-3)11(28-18(15)23)10-27-13(21)8-5-2/h11,15-18,23H,4-10H2,1-3H3,(H,19,20)(H2,24,25,26)/t11?,15-,16-,17-,18?/m1/s1. The molecule has 1 rings (SSSR count). The second-order valence-electron chi connectivity index (χ2n) is 7.11. The fourth-order valence-corrected chi connectivity index (χ4v) is 3.55. The summed E-state index contributed by atoms with van der Waals surface area (Å²) in [4.78, 5) is 54.7. The number of amides is 1. The third-order valence-electron chi connectivity index (χ3n) is 4.31. The predicted molar refractivity (Wildman–Crippen MR) is 105 cm³/mol. The van der Waals surface area contributed by atoms with Gasteiger partial charge in [-0.3, -0.25) is 18.9 Å². The van der Waals surface area contributed by atoms with E-state index in [4.69, 9.17) is 18.7 Å². The number of rotatable bonds is 12. The minimum absolute atomic E-state index is 0.00309. The topological polar surface area (TPSA) is 178 Å². The fraction of sp³-hybridized carbons (Fsp3) is 0.833. The van der Waals surface area contributed by atoms with Crippen LogP contribution in [0.3, 0.4) is 0 Å². The van der Waals surface area contributed by atoms with Gasteiger partial charge in [0.1, 0.15) is 24.9 Å². The highest BCUT2D eigenvalue weighted by Gasteiger charge is 2.51. The number of aliphatic hydroxyl groups is 1. The van der Waals surface area contributed by atoms with Crippen molar-refractivity contribution in [2.24, 2.45) is 0 Å². The number of carbonyl (C=O) groups excluding carboxylic acids is 3. The summed E-state index contributed by atoms with van der Waals surface area (Å²) in [6.07, 6.45) is -4.57. The van der Waals surface area contributed by atoms with E-state index in [1.54, 1.807) is 20.8 Å². The molecule has 4 N–H and O–H groups in total. The summed E-state index contributed by atoms with van der Waals surface area (Å²) in [6, 6.07) is -1.45. The first-order valence-electron chi connectivity index (χ1n) is 10.2. The van der Waals surface area contributed by atoms with E-state index in [1.165, 1.54) is 0 Å². The molecule has 13 heteroatoms. The van der Waals surface area contributed by atoms with Crippen molar-refractivity contribution in [3.63, 3.8) is 0 Å². The molecule has 1 aliphatic rings. The molecule has 1 aliphatic heterocycles. The van der Waals surface area contributed by atoms with Gasteiger partial charge >= 0.3 is 19.8 Å². The van der Waals surface area contributed by atoms with Gasteiger partial charge in [-0.05, 0) is 19.3 Å². The van der Waals surface area contributed by atoms with Gasteiger partial charge in [-0.15, -0.1) is 0 Å². The zero-order chi connectivity index (χ0) is 23.6. The van der Waals surface area contributed by atoms with Crippen LogP contribution in [0.15, 0.2) is 0 Å². The third-order valence-corrected chi connectivity index (χ3v) is 4.83. The first-order valence-corrected chi connectivity index (χ1v) is 11.8. The summed E-state index contributed by atoms with van der Waals surface area (Å²) in [5.41, 5.74) is 0. The Morgan fingerprint density at radius 3 is 2.10 bits per heavy atom. The molecule has 1 saturated heterocycles. The van der Waals surface area contributed by atoms with E-state index in [-0.39, 0.29) is 19.3 Å². The van der Waals surface area contributed by atoms with Gasteiger partial charge in [0.2, 0.25) is 5.91 Å². The van der Waals surface area contributed by atoms with E-state index in [0.717, 1.165) is 0 Å². The van der Waals surface area contributed by atoms with E-state index in [0.29, 0.717) is 19.3 Å². The first kappa shape index (κ1) is 27.5. The van der Waals surface area contributed by atoms with Crippen LogP contribution in [-0.4, -0.2) is 70.0 Å².